The molecule has 0 fully saturated rings. The van der Waals surface area contributed by atoms with Crippen LogP contribution in [-0.4, -0.2) is 16.4 Å². The molecule has 0 spiro atoms. The van der Waals surface area contributed by atoms with Gasteiger partial charge in [-0.2, -0.15) is 0 Å². The van der Waals surface area contributed by atoms with Gasteiger partial charge in [-0.3, -0.25) is 20.4 Å². The van der Waals surface area contributed by atoms with Crippen LogP contribution in [0.2, 0.25) is 0 Å². The number of hydrazine groups is 1. The van der Waals surface area contributed by atoms with Crippen molar-refractivity contribution in [1.29, 1.82) is 0 Å². The van der Waals surface area contributed by atoms with Crippen LogP contribution in [-0.2, 0) is 4.79 Å². The SMILES string of the molecule is O=CNNc1cc(=O)[nH]cn1. The molecule has 1 heterocycles. The molecule has 11 heavy (non-hydrogen) atoms. The van der Waals surface area contributed by atoms with Crippen molar-refractivity contribution < 1.29 is 4.79 Å². The average Bonchev–Trinajstić information content (AvgIpc) is 2.01. The molecule has 6 nitrogen and oxygen atoms in total. The Kier molecular flexibility index (Phi) is 2.21. The Morgan fingerprint density at radius 1 is 1.64 bits per heavy atom. The number of nitrogens with zero attached hydrogens (tertiary/aromatic N) is 1. The van der Waals surface area contributed by atoms with Crippen LogP contribution in [0.25, 0.3) is 0 Å². The molecule has 0 radical (unpaired) electrons. The maximum Gasteiger partial charge on any atom is 0.252 e. The van der Waals surface area contributed by atoms with Crippen molar-refractivity contribution in [3.05, 3.63) is 22.7 Å². The maximum atomic E-state index is 10.6. The number of anilines is 1. The van der Waals surface area contributed by atoms with Gasteiger partial charge in [0.25, 0.3) is 5.56 Å². The fourth-order valence-electron chi connectivity index (χ4n) is 0.540. The van der Waals surface area contributed by atoms with Crippen LogP contribution in [0.15, 0.2) is 17.2 Å². The second kappa shape index (κ2) is 3.35. The molecule has 1 aromatic rings. The number of hydrogen-bond donors (Lipinski definition) is 3. The van der Waals surface area contributed by atoms with E-state index in [0.29, 0.717) is 12.2 Å². The van der Waals surface area contributed by atoms with Crippen molar-refractivity contribution in [3.63, 3.8) is 0 Å². The minimum atomic E-state index is -0.282. The van der Waals surface area contributed by atoms with Crippen molar-refractivity contribution in [1.82, 2.24) is 15.4 Å². The Morgan fingerprint density at radius 2 is 2.45 bits per heavy atom. The first kappa shape index (κ1) is 7.26. The second-order valence-corrected chi connectivity index (χ2v) is 1.68. The van der Waals surface area contributed by atoms with Gasteiger partial charge in [0.1, 0.15) is 0 Å². The van der Waals surface area contributed by atoms with Crippen molar-refractivity contribution in [2.45, 2.75) is 0 Å². The zero-order valence-electron chi connectivity index (χ0n) is 5.50. The van der Waals surface area contributed by atoms with Crippen LogP contribution in [0.3, 0.4) is 0 Å². The third-order valence-electron chi connectivity index (χ3n) is 0.937. The van der Waals surface area contributed by atoms with Crippen molar-refractivity contribution >= 4 is 12.2 Å². The average molecular weight is 154 g/mol. The first-order chi connectivity index (χ1) is 5.33. The van der Waals surface area contributed by atoms with Crippen molar-refractivity contribution in [3.8, 4) is 0 Å². The van der Waals surface area contributed by atoms with Crippen molar-refractivity contribution in [2.24, 2.45) is 0 Å². The number of aromatic nitrogens is 2. The summed E-state index contributed by atoms with van der Waals surface area (Å²) in [5, 5.41) is 0. The third kappa shape index (κ3) is 2.09. The van der Waals surface area contributed by atoms with E-state index in [1.165, 1.54) is 12.4 Å². The molecule has 1 aromatic heterocycles. The first-order valence-corrected chi connectivity index (χ1v) is 2.83. The molecule has 0 aromatic carbocycles. The molecular formula is C5H6N4O2. The van der Waals surface area contributed by atoms with Crippen LogP contribution in [0.4, 0.5) is 5.82 Å². The predicted molar refractivity (Wildman–Crippen MR) is 37.7 cm³/mol. The highest BCUT2D eigenvalue weighted by atomic mass is 16.1. The highest BCUT2D eigenvalue weighted by Crippen LogP contribution is 1.89. The van der Waals surface area contributed by atoms with Crippen LogP contribution in [0, 0.1) is 0 Å². The topological polar surface area (TPSA) is 86.9 Å². The summed E-state index contributed by atoms with van der Waals surface area (Å²) >= 11 is 0. The van der Waals surface area contributed by atoms with E-state index in [0.717, 1.165) is 0 Å². The maximum absolute atomic E-state index is 10.6. The highest BCUT2D eigenvalue weighted by molar-refractivity contribution is 5.50. The zero-order chi connectivity index (χ0) is 8.10. The summed E-state index contributed by atoms with van der Waals surface area (Å²) in [7, 11) is 0. The number of H-pyrrole nitrogens is 1. The van der Waals surface area contributed by atoms with Gasteiger partial charge in [-0.1, -0.05) is 0 Å². The lowest BCUT2D eigenvalue weighted by Crippen LogP contribution is -2.21. The third-order valence-corrected chi connectivity index (χ3v) is 0.937. The molecule has 0 bridgehead atoms. The first-order valence-electron chi connectivity index (χ1n) is 2.83. The molecule has 0 aliphatic rings. The van der Waals surface area contributed by atoms with Gasteiger partial charge in [-0.15, -0.1) is 0 Å². The van der Waals surface area contributed by atoms with Crippen LogP contribution >= 0.6 is 0 Å². The van der Waals surface area contributed by atoms with E-state index in [4.69, 9.17) is 0 Å². The van der Waals surface area contributed by atoms with Gasteiger partial charge in [-0.05, 0) is 0 Å². The molecule has 0 saturated heterocycles. The molecule has 0 aliphatic carbocycles. The van der Waals surface area contributed by atoms with Crippen LogP contribution < -0.4 is 16.4 Å². The van der Waals surface area contributed by atoms with Gasteiger partial charge in [0, 0.05) is 6.07 Å². The minimum absolute atomic E-state index is 0.282. The van der Waals surface area contributed by atoms with Gasteiger partial charge < -0.3 is 4.98 Å². The number of hydrogen-bond acceptors (Lipinski definition) is 4. The molecule has 3 N–H and O–H groups in total. The largest absolute Gasteiger partial charge is 0.313 e. The van der Waals surface area contributed by atoms with Gasteiger partial charge >= 0.3 is 0 Å². The van der Waals surface area contributed by atoms with Crippen LogP contribution in [0.5, 0.6) is 0 Å². The van der Waals surface area contributed by atoms with Gasteiger partial charge in [-0.25, -0.2) is 4.98 Å². The fraction of sp³-hybridized carbons (Fsp3) is 0. The van der Waals surface area contributed by atoms with E-state index < -0.39 is 0 Å². The van der Waals surface area contributed by atoms with Crippen LogP contribution in [0.1, 0.15) is 0 Å². The van der Waals surface area contributed by atoms with E-state index in [1.54, 1.807) is 0 Å². The lowest BCUT2D eigenvalue weighted by atomic mass is 10.6. The Morgan fingerprint density at radius 3 is 3.09 bits per heavy atom. The number of rotatable bonds is 3. The predicted octanol–water partition coefficient (Wildman–Crippen LogP) is -1.16. The molecule has 0 atom stereocenters. The van der Waals surface area contributed by atoms with Crippen molar-refractivity contribution in [2.75, 3.05) is 5.43 Å². The van der Waals surface area contributed by atoms with E-state index in [-0.39, 0.29) is 5.56 Å². The summed E-state index contributed by atoms with van der Waals surface area (Å²) in [5.74, 6) is 0.292. The molecule has 0 aliphatic heterocycles. The smallest absolute Gasteiger partial charge is 0.252 e. The summed E-state index contributed by atoms with van der Waals surface area (Å²) in [6.07, 6.45) is 1.68. The lowest BCUT2D eigenvalue weighted by Gasteiger charge is -1.99. The normalized spacial score (nSPS) is 8.73. The van der Waals surface area contributed by atoms with Gasteiger partial charge in [0.15, 0.2) is 5.82 Å². The molecule has 6 heteroatoms. The van der Waals surface area contributed by atoms with E-state index in [2.05, 4.69) is 20.8 Å². The minimum Gasteiger partial charge on any atom is -0.313 e. The fourth-order valence-corrected chi connectivity index (χ4v) is 0.540. The Bertz CT molecular complexity index is 295. The Hall–Kier alpha value is -1.85. The number of nitrogens with one attached hydrogen (secondary N) is 3. The molecule has 58 valence electrons. The Balaban J connectivity index is 2.71. The molecule has 0 unspecified atom stereocenters. The molecule has 1 rings (SSSR count). The molecule has 0 saturated carbocycles. The quantitative estimate of drug-likeness (QED) is 0.378. The number of amides is 1. The van der Waals surface area contributed by atoms with E-state index in [9.17, 15) is 9.59 Å². The summed E-state index contributed by atoms with van der Waals surface area (Å²) in [6.45, 7) is 0. The summed E-state index contributed by atoms with van der Waals surface area (Å²) in [5.41, 5.74) is 4.25. The van der Waals surface area contributed by atoms with Gasteiger partial charge in [0.05, 0.1) is 6.33 Å². The standard InChI is InChI=1S/C5H6N4O2/c10-3-8-9-4-1-5(11)7-2-6-4/h1-3H,(H,8,10)(H2,6,7,9,11). The summed E-state index contributed by atoms with van der Waals surface area (Å²) < 4.78 is 0. The number of carbonyl (C=O) groups excluding carboxylic acids is 1. The molecular weight excluding hydrogens is 148 g/mol. The number of carbonyl (C=O) groups is 1. The monoisotopic (exact) mass is 154 g/mol. The van der Waals surface area contributed by atoms with E-state index >= 15 is 0 Å². The number of aromatic amines is 1. The summed E-state index contributed by atoms with van der Waals surface area (Å²) in [4.78, 5) is 26.4. The lowest BCUT2D eigenvalue weighted by molar-refractivity contribution is -0.109. The highest BCUT2D eigenvalue weighted by Gasteiger charge is 1.89. The second-order valence-electron chi connectivity index (χ2n) is 1.68. The summed E-state index contributed by atoms with van der Waals surface area (Å²) in [6, 6.07) is 1.22. The Labute approximate surface area is 61.6 Å². The van der Waals surface area contributed by atoms with Gasteiger partial charge in [0.2, 0.25) is 6.41 Å². The molecule has 1 amide bonds. The zero-order valence-corrected chi connectivity index (χ0v) is 5.50. The van der Waals surface area contributed by atoms with E-state index in [1.807, 2.05) is 0 Å².